The van der Waals surface area contributed by atoms with Gasteiger partial charge >= 0.3 is 0 Å². The van der Waals surface area contributed by atoms with Crippen molar-refractivity contribution in [2.75, 3.05) is 18.6 Å². The SMILES string of the molecule is CCOc1ccc2c(c1)-c1c(ssc1=S)C(C)(C)N2C(=O)c1cccc(OC)c1. The Balaban J connectivity index is 1.93. The summed E-state index contributed by atoms with van der Waals surface area (Å²) in [5.74, 6) is 1.36. The minimum atomic E-state index is -0.534. The molecule has 2 aromatic carbocycles. The number of ether oxygens (including phenoxy) is 2. The van der Waals surface area contributed by atoms with Gasteiger partial charge in [-0.3, -0.25) is 9.69 Å². The molecule has 4 nitrogen and oxygen atoms in total. The maximum absolute atomic E-state index is 13.7. The van der Waals surface area contributed by atoms with E-state index in [-0.39, 0.29) is 5.91 Å². The van der Waals surface area contributed by atoms with Crippen molar-refractivity contribution in [3.05, 3.63) is 56.7 Å². The van der Waals surface area contributed by atoms with Gasteiger partial charge in [0.15, 0.2) is 0 Å². The number of nitrogens with zero attached hydrogens (tertiary/aromatic N) is 1. The van der Waals surface area contributed by atoms with Gasteiger partial charge in [-0.25, -0.2) is 0 Å². The van der Waals surface area contributed by atoms with Crippen molar-refractivity contribution in [1.29, 1.82) is 0 Å². The van der Waals surface area contributed by atoms with Crippen molar-refractivity contribution in [1.82, 2.24) is 0 Å². The molecular weight excluding hydrogens is 422 g/mol. The van der Waals surface area contributed by atoms with E-state index in [4.69, 9.17) is 21.7 Å². The van der Waals surface area contributed by atoms with Crippen molar-refractivity contribution in [2.24, 2.45) is 0 Å². The molecule has 29 heavy (non-hydrogen) atoms. The van der Waals surface area contributed by atoms with Gasteiger partial charge in [0.2, 0.25) is 0 Å². The smallest absolute Gasteiger partial charge is 0.259 e. The normalized spacial score (nSPS) is 14.1. The first-order chi connectivity index (χ1) is 13.9. The number of benzene rings is 2. The van der Waals surface area contributed by atoms with Crippen LogP contribution in [-0.2, 0) is 5.54 Å². The lowest BCUT2D eigenvalue weighted by atomic mass is 9.86. The Hall–Kier alpha value is -2.22. The van der Waals surface area contributed by atoms with Crippen LogP contribution in [0.2, 0.25) is 0 Å². The second-order valence-corrected chi connectivity index (χ2v) is 10.0. The van der Waals surface area contributed by atoms with Crippen molar-refractivity contribution >= 4 is 44.5 Å². The number of rotatable bonds is 4. The standard InChI is InChI=1S/C22H21NO3S3/c1-5-26-15-9-10-17-16(12-15)18-19(28-29-21(18)27)22(2,3)23(17)20(24)13-7-6-8-14(11-13)25-4/h6-12H,5H2,1-4H3. The topological polar surface area (TPSA) is 38.8 Å². The number of amides is 1. The van der Waals surface area contributed by atoms with Gasteiger partial charge in [0.1, 0.15) is 15.3 Å². The first-order valence-corrected chi connectivity index (χ1v) is 11.8. The second kappa shape index (κ2) is 7.55. The molecule has 0 fully saturated rings. The molecule has 1 aliphatic rings. The number of carbonyl (C=O) groups excluding carboxylic acids is 1. The van der Waals surface area contributed by atoms with E-state index in [0.29, 0.717) is 17.9 Å². The van der Waals surface area contributed by atoms with Crippen LogP contribution >= 0.6 is 32.9 Å². The first-order valence-electron chi connectivity index (χ1n) is 9.28. The zero-order valence-electron chi connectivity index (χ0n) is 16.6. The molecular formula is C22H21NO3S3. The Morgan fingerprint density at radius 3 is 2.66 bits per heavy atom. The van der Waals surface area contributed by atoms with Crippen molar-refractivity contribution in [3.8, 4) is 22.6 Å². The highest BCUT2D eigenvalue weighted by Gasteiger charge is 2.43. The summed E-state index contributed by atoms with van der Waals surface area (Å²) in [6.07, 6.45) is 0. The highest BCUT2D eigenvalue weighted by Crippen LogP contribution is 2.53. The van der Waals surface area contributed by atoms with Crippen LogP contribution in [0.25, 0.3) is 11.1 Å². The molecule has 0 atom stereocenters. The zero-order valence-corrected chi connectivity index (χ0v) is 19.1. The Labute approximate surface area is 182 Å². The van der Waals surface area contributed by atoms with Gasteiger partial charge in [-0.2, -0.15) is 0 Å². The summed E-state index contributed by atoms with van der Waals surface area (Å²) in [6, 6.07) is 13.1. The number of hydrogen-bond donors (Lipinski definition) is 0. The van der Waals surface area contributed by atoms with E-state index >= 15 is 0 Å². The second-order valence-electron chi connectivity index (χ2n) is 7.20. The lowest BCUT2D eigenvalue weighted by molar-refractivity contribution is 0.0961. The van der Waals surface area contributed by atoms with E-state index in [2.05, 4.69) is 13.8 Å². The predicted molar refractivity (Wildman–Crippen MR) is 122 cm³/mol. The monoisotopic (exact) mass is 443 g/mol. The third-order valence-electron chi connectivity index (χ3n) is 5.06. The molecule has 0 unspecified atom stereocenters. The fraction of sp³-hybridized carbons (Fsp3) is 0.273. The first kappa shape index (κ1) is 20.1. The molecule has 0 spiro atoms. The van der Waals surface area contributed by atoms with E-state index in [1.54, 1.807) is 33.9 Å². The molecule has 1 amide bonds. The summed E-state index contributed by atoms with van der Waals surface area (Å²) in [5.41, 5.74) is 2.89. The minimum Gasteiger partial charge on any atom is -0.497 e. The van der Waals surface area contributed by atoms with Crippen LogP contribution in [0.5, 0.6) is 11.5 Å². The molecule has 0 saturated heterocycles. The lowest BCUT2D eigenvalue weighted by Crippen LogP contribution is -2.47. The molecule has 0 radical (unpaired) electrons. The van der Waals surface area contributed by atoms with Gasteiger partial charge in [0.05, 0.1) is 29.8 Å². The Morgan fingerprint density at radius 1 is 1.14 bits per heavy atom. The average molecular weight is 444 g/mol. The molecule has 3 aromatic rings. The molecule has 7 heteroatoms. The molecule has 1 aliphatic heterocycles. The third-order valence-corrected chi connectivity index (χ3v) is 8.39. The van der Waals surface area contributed by atoms with Crippen LogP contribution in [0.4, 0.5) is 5.69 Å². The van der Waals surface area contributed by atoms with Crippen molar-refractivity contribution in [2.45, 2.75) is 26.3 Å². The maximum atomic E-state index is 13.7. The van der Waals surface area contributed by atoms with E-state index in [1.165, 1.54) is 0 Å². The molecule has 0 bridgehead atoms. The van der Waals surface area contributed by atoms with Crippen LogP contribution < -0.4 is 14.4 Å². The van der Waals surface area contributed by atoms with E-state index in [0.717, 1.165) is 31.3 Å². The highest BCUT2D eigenvalue weighted by molar-refractivity contribution is 7.80. The summed E-state index contributed by atoms with van der Waals surface area (Å²) < 4.78 is 11.9. The van der Waals surface area contributed by atoms with Crippen LogP contribution in [0.15, 0.2) is 42.5 Å². The number of carbonyl (C=O) groups is 1. The highest BCUT2D eigenvalue weighted by atomic mass is 32.9. The Kier molecular flexibility index (Phi) is 5.23. The lowest BCUT2D eigenvalue weighted by Gasteiger charge is -2.43. The number of hydrogen-bond acceptors (Lipinski definition) is 6. The minimum absolute atomic E-state index is 0.0747. The van der Waals surface area contributed by atoms with E-state index in [1.807, 2.05) is 48.2 Å². The summed E-state index contributed by atoms with van der Waals surface area (Å²) in [6.45, 7) is 6.68. The van der Waals surface area contributed by atoms with Gasteiger partial charge in [-0.1, -0.05) is 39.0 Å². The fourth-order valence-corrected chi connectivity index (χ4v) is 6.99. The summed E-state index contributed by atoms with van der Waals surface area (Å²) >= 11 is 5.66. The van der Waals surface area contributed by atoms with Crippen LogP contribution in [0.1, 0.15) is 36.0 Å². The molecule has 150 valence electrons. The van der Waals surface area contributed by atoms with Crippen molar-refractivity contribution in [3.63, 3.8) is 0 Å². The number of anilines is 1. The zero-order chi connectivity index (χ0) is 20.8. The average Bonchev–Trinajstić information content (AvgIpc) is 3.11. The Bertz CT molecular complexity index is 1150. The summed E-state index contributed by atoms with van der Waals surface area (Å²) in [4.78, 5) is 16.7. The maximum Gasteiger partial charge on any atom is 0.259 e. The molecule has 0 N–H and O–H groups in total. The largest absolute Gasteiger partial charge is 0.497 e. The Morgan fingerprint density at radius 2 is 1.93 bits per heavy atom. The number of methoxy groups -OCH3 is 1. The van der Waals surface area contributed by atoms with E-state index < -0.39 is 5.54 Å². The van der Waals surface area contributed by atoms with Gasteiger partial charge in [-0.15, -0.1) is 0 Å². The quantitative estimate of drug-likeness (QED) is 0.340. The number of fused-ring (bicyclic) bond motifs is 3. The molecule has 0 saturated carbocycles. The third kappa shape index (κ3) is 3.27. The van der Waals surface area contributed by atoms with Crippen LogP contribution in [0, 0.1) is 3.82 Å². The molecule has 2 heterocycles. The summed E-state index contributed by atoms with van der Waals surface area (Å²) in [5, 5.41) is 0. The van der Waals surface area contributed by atoms with Gasteiger partial charge < -0.3 is 9.47 Å². The predicted octanol–water partition coefficient (Wildman–Crippen LogP) is 6.51. The van der Waals surface area contributed by atoms with Crippen LogP contribution in [0.3, 0.4) is 0 Å². The van der Waals surface area contributed by atoms with Gasteiger partial charge in [0.25, 0.3) is 5.91 Å². The van der Waals surface area contributed by atoms with Gasteiger partial charge in [-0.05, 0) is 57.2 Å². The van der Waals surface area contributed by atoms with Crippen molar-refractivity contribution < 1.29 is 14.3 Å². The molecule has 4 rings (SSSR count). The van der Waals surface area contributed by atoms with Crippen LogP contribution in [-0.4, -0.2) is 19.6 Å². The summed E-state index contributed by atoms with van der Waals surface area (Å²) in [7, 11) is 4.82. The fourth-order valence-electron chi connectivity index (χ4n) is 3.71. The molecule has 1 aromatic heterocycles. The van der Waals surface area contributed by atoms with Gasteiger partial charge in [0, 0.05) is 16.7 Å². The molecule has 0 aliphatic carbocycles. The van der Waals surface area contributed by atoms with E-state index in [9.17, 15) is 4.79 Å².